The number of piperazine rings is 1. The second-order valence-corrected chi connectivity index (χ2v) is 7.61. The van der Waals surface area contributed by atoms with Gasteiger partial charge < -0.3 is 5.32 Å². The van der Waals surface area contributed by atoms with Crippen molar-refractivity contribution in [3.8, 4) is 0 Å². The summed E-state index contributed by atoms with van der Waals surface area (Å²) in [5.41, 5.74) is 0. The SMILES string of the molecule is C[C@@H]1[C@H](C)CCC[C@@H]1NC(=O)CN1CCN(CC(F)(F)F)[C@H](C)C1. The largest absolute Gasteiger partial charge is 0.401 e. The second-order valence-electron chi connectivity index (χ2n) is 7.61. The van der Waals surface area contributed by atoms with Gasteiger partial charge in [-0.2, -0.15) is 13.2 Å². The molecule has 1 aliphatic carbocycles. The van der Waals surface area contributed by atoms with Crippen molar-refractivity contribution in [2.45, 2.75) is 58.3 Å². The highest BCUT2D eigenvalue weighted by Gasteiger charge is 2.35. The lowest BCUT2D eigenvalue weighted by Gasteiger charge is -2.40. The average molecular weight is 349 g/mol. The maximum atomic E-state index is 12.5. The third kappa shape index (κ3) is 5.62. The maximum Gasteiger partial charge on any atom is 0.401 e. The molecule has 0 unspecified atom stereocenters. The van der Waals surface area contributed by atoms with Crippen LogP contribution in [0.15, 0.2) is 0 Å². The number of nitrogens with zero attached hydrogens (tertiary/aromatic N) is 2. The van der Waals surface area contributed by atoms with Crippen LogP contribution in [0.25, 0.3) is 0 Å². The number of nitrogens with one attached hydrogen (secondary N) is 1. The Morgan fingerprint density at radius 3 is 2.50 bits per heavy atom. The van der Waals surface area contributed by atoms with E-state index in [1.807, 2.05) is 4.90 Å². The van der Waals surface area contributed by atoms with E-state index >= 15 is 0 Å². The molecule has 2 aliphatic rings. The average Bonchev–Trinajstić information content (AvgIpc) is 2.45. The van der Waals surface area contributed by atoms with Crippen LogP contribution in [0.1, 0.15) is 40.0 Å². The van der Waals surface area contributed by atoms with E-state index in [9.17, 15) is 18.0 Å². The summed E-state index contributed by atoms with van der Waals surface area (Å²) in [6.07, 6.45) is -0.787. The summed E-state index contributed by atoms with van der Waals surface area (Å²) in [5.74, 6) is 1.10. The lowest BCUT2D eigenvalue weighted by molar-refractivity contribution is -0.155. The van der Waals surface area contributed by atoms with Crippen LogP contribution in [0.3, 0.4) is 0 Å². The summed E-state index contributed by atoms with van der Waals surface area (Å²) in [7, 11) is 0. The Morgan fingerprint density at radius 2 is 1.88 bits per heavy atom. The summed E-state index contributed by atoms with van der Waals surface area (Å²) < 4.78 is 37.6. The van der Waals surface area contributed by atoms with Crippen LogP contribution in [0.2, 0.25) is 0 Å². The molecular weight excluding hydrogens is 319 g/mol. The van der Waals surface area contributed by atoms with E-state index in [1.54, 1.807) is 6.92 Å². The van der Waals surface area contributed by atoms with E-state index in [1.165, 1.54) is 11.3 Å². The fraction of sp³-hybridized carbons (Fsp3) is 0.941. The third-order valence-electron chi connectivity index (χ3n) is 5.65. The molecule has 1 saturated heterocycles. The molecule has 4 nitrogen and oxygen atoms in total. The number of alkyl halides is 3. The normalized spacial score (nSPS) is 33.4. The van der Waals surface area contributed by atoms with Gasteiger partial charge in [-0.25, -0.2) is 0 Å². The van der Waals surface area contributed by atoms with E-state index in [0.717, 1.165) is 12.8 Å². The number of halogens is 3. The maximum absolute atomic E-state index is 12.5. The topological polar surface area (TPSA) is 35.6 Å². The van der Waals surface area contributed by atoms with Gasteiger partial charge in [0.15, 0.2) is 0 Å². The minimum Gasteiger partial charge on any atom is -0.352 e. The van der Waals surface area contributed by atoms with Crippen molar-refractivity contribution >= 4 is 5.91 Å². The van der Waals surface area contributed by atoms with Gasteiger partial charge in [-0.1, -0.05) is 26.7 Å². The molecule has 4 atom stereocenters. The Balaban J connectivity index is 1.77. The molecule has 1 saturated carbocycles. The standard InChI is InChI=1S/C17H30F3N3O/c1-12-5-4-6-15(14(12)3)21-16(24)10-22-7-8-23(13(2)9-22)11-17(18,19)20/h12-15H,4-11H2,1-3H3,(H,21,24)/t12-,13-,14-,15+/m1/s1. The van der Waals surface area contributed by atoms with Gasteiger partial charge in [0.05, 0.1) is 13.1 Å². The summed E-state index contributed by atoms with van der Waals surface area (Å²) in [5, 5.41) is 3.14. The van der Waals surface area contributed by atoms with Crippen molar-refractivity contribution < 1.29 is 18.0 Å². The molecule has 2 fully saturated rings. The first-order chi connectivity index (χ1) is 11.2. The summed E-state index contributed by atoms with van der Waals surface area (Å²) >= 11 is 0. The van der Waals surface area contributed by atoms with Gasteiger partial charge in [0, 0.05) is 31.7 Å². The highest BCUT2D eigenvalue weighted by atomic mass is 19.4. The predicted octanol–water partition coefficient (Wildman–Crippen LogP) is 2.50. The van der Waals surface area contributed by atoms with Crippen LogP contribution in [0.5, 0.6) is 0 Å². The van der Waals surface area contributed by atoms with Crippen LogP contribution < -0.4 is 5.32 Å². The van der Waals surface area contributed by atoms with E-state index in [0.29, 0.717) is 31.5 Å². The van der Waals surface area contributed by atoms with Crippen LogP contribution in [-0.4, -0.2) is 66.7 Å². The molecule has 2 rings (SSSR count). The monoisotopic (exact) mass is 349 g/mol. The Labute approximate surface area is 142 Å². The van der Waals surface area contributed by atoms with Crippen molar-refractivity contribution in [2.24, 2.45) is 11.8 Å². The van der Waals surface area contributed by atoms with E-state index < -0.39 is 12.7 Å². The smallest absolute Gasteiger partial charge is 0.352 e. The summed E-state index contributed by atoms with van der Waals surface area (Å²) in [4.78, 5) is 15.7. The van der Waals surface area contributed by atoms with Crippen molar-refractivity contribution in [2.75, 3.05) is 32.7 Å². The molecular formula is C17H30F3N3O. The molecule has 0 aromatic rings. The second kappa shape index (κ2) is 8.04. The van der Waals surface area contributed by atoms with E-state index in [-0.39, 0.29) is 24.5 Å². The quantitative estimate of drug-likeness (QED) is 0.847. The lowest BCUT2D eigenvalue weighted by Crippen LogP contribution is -2.56. The highest BCUT2D eigenvalue weighted by Crippen LogP contribution is 2.29. The van der Waals surface area contributed by atoms with Gasteiger partial charge in [0.1, 0.15) is 0 Å². The summed E-state index contributed by atoms with van der Waals surface area (Å²) in [6.45, 7) is 6.97. The zero-order chi connectivity index (χ0) is 17.9. The highest BCUT2D eigenvalue weighted by molar-refractivity contribution is 5.78. The molecule has 1 aliphatic heterocycles. The first-order valence-electron chi connectivity index (χ1n) is 8.98. The minimum absolute atomic E-state index is 0.00239. The van der Waals surface area contributed by atoms with Gasteiger partial charge >= 0.3 is 6.18 Å². The number of hydrogen-bond acceptors (Lipinski definition) is 3. The van der Waals surface area contributed by atoms with Gasteiger partial charge in [0.25, 0.3) is 0 Å². The van der Waals surface area contributed by atoms with Gasteiger partial charge in [-0.3, -0.25) is 14.6 Å². The van der Waals surface area contributed by atoms with E-state index in [4.69, 9.17) is 0 Å². The van der Waals surface area contributed by atoms with Crippen LogP contribution >= 0.6 is 0 Å². The number of amides is 1. The molecule has 1 heterocycles. The Bertz CT molecular complexity index is 430. The van der Waals surface area contributed by atoms with Crippen LogP contribution in [0, 0.1) is 11.8 Å². The predicted molar refractivity (Wildman–Crippen MR) is 87.6 cm³/mol. The van der Waals surface area contributed by atoms with Crippen molar-refractivity contribution in [1.82, 2.24) is 15.1 Å². The molecule has 0 spiro atoms. The molecule has 0 aromatic heterocycles. The minimum atomic E-state index is -4.17. The summed E-state index contributed by atoms with van der Waals surface area (Å²) in [6, 6.07) is 0.0343. The molecule has 140 valence electrons. The number of rotatable bonds is 4. The Morgan fingerprint density at radius 1 is 1.17 bits per heavy atom. The van der Waals surface area contributed by atoms with Crippen LogP contribution in [0.4, 0.5) is 13.2 Å². The first kappa shape index (κ1) is 19.5. The number of carbonyl (C=O) groups excluding carboxylic acids is 1. The lowest BCUT2D eigenvalue weighted by atomic mass is 9.78. The van der Waals surface area contributed by atoms with Crippen molar-refractivity contribution in [3.63, 3.8) is 0 Å². The fourth-order valence-corrected chi connectivity index (χ4v) is 3.92. The first-order valence-corrected chi connectivity index (χ1v) is 8.98. The van der Waals surface area contributed by atoms with Gasteiger partial charge in [0.2, 0.25) is 5.91 Å². The number of hydrogen-bond donors (Lipinski definition) is 1. The molecule has 0 aromatic carbocycles. The van der Waals surface area contributed by atoms with Crippen molar-refractivity contribution in [1.29, 1.82) is 0 Å². The molecule has 0 bridgehead atoms. The fourth-order valence-electron chi connectivity index (χ4n) is 3.92. The zero-order valence-electron chi connectivity index (χ0n) is 14.9. The van der Waals surface area contributed by atoms with Crippen LogP contribution in [-0.2, 0) is 4.79 Å². The molecule has 1 N–H and O–H groups in total. The molecule has 7 heteroatoms. The number of carbonyl (C=O) groups is 1. The molecule has 1 amide bonds. The van der Waals surface area contributed by atoms with Gasteiger partial charge in [-0.15, -0.1) is 0 Å². The van der Waals surface area contributed by atoms with E-state index in [2.05, 4.69) is 19.2 Å². The molecule has 0 radical (unpaired) electrons. The van der Waals surface area contributed by atoms with Crippen molar-refractivity contribution in [3.05, 3.63) is 0 Å². The zero-order valence-corrected chi connectivity index (χ0v) is 14.9. The Hall–Kier alpha value is -0.820. The third-order valence-corrected chi connectivity index (χ3v) is 5.65. The Kier molecular flexibility index (Phi) is 6.53. The van der Waals surface area contributed by atoms with Gasteiger partial charge in [-0.05, 0) is 25.2 Å². The molecule has 24 heavy (non-hydrogen) atoms.